The first-order valence-corrected chi connectivity index (χ1v) is 8.82. The van der Waals surface area contributed by atoms with Crippen molar-refractivity contribution in [3.8, 4) is 11.6 Å². The Morgan fingerprint density at radius 3 is 2.43 bits per heavy atom. The number of hydrogen-bond acceptors (Lipinski definition) is 4. The lowest BCUT2D eigenvalue weighted by Gasteiger charge is -2.16. The fraction of sp³-hybridized carbons (Fsp3) is 0.300. The van der Waals surface area contributed by atoms with Crippen LogP contribution in [-0.4, -0.2) is 37.4 Å². The predicted molar refractivity (Wildman–Crippen MR) is 120 cm³/mol. The van der Waals surface area contributed by atoms with Crippen LogP contribution in [0, 0.1) is 0 Å². The molecule has 1 aromatic heterocycles. The highest BCUT2D eigenvalue weighted by molar-refractivity contribution is 14.0. The van der Waals surface area contributed by atoms with E-state index in [0.717, 1.165) is 11.3 Å². The average molecular weight is 536 g/mol. The number of nitrogens with one attached hydrogen (secondary N) is 2. The monoisotopic (exact) mass is 536 g/mol. The zero-order valence-electron chi connectivity index (χ0n) is 16.4. The molecule has 2 N–H and O–H groups in total. The summed E-state index contributed by atoms with van der Waals surface area (Å²) in [5, 5.41) is 6.18. The number of alkyl halides is 3. The van der Waals surface area contributed by atoms with Crippen molar-refractivity contribution in [3.63, 3.8) is 0 Å². The van der Waals surface area contributed by atoms with Crippen LogP contribution in [0.5, 0.6) is 11.6 Å². The van der Waals surface area contributed by atoms with Gasteiger partial charge in [0.2, 0.25) is 5.88 Å². The maximum absolute atomic E-state index is 12.4. The molecule has 0 aliphatic heterocycles. The summed E-state index contributed by atoms with van der Waals surface area (Å²) >= 11 is 0. The Bertz CT molecular complexity index is 832. The van der Waals surface area contributed by atoms with E-state index in [4.69, 9.17) is 9.47 Å². The second-order valence-corrected chi connectivity index (χ2v) is 5.86. The lowest BCUT2D eigenvalue weighted by Crippen LogP contribution is -2.36. The van der Waals surface area contributed by atoms with Gasteiger partial charge in [0.1, 0.15) is 12.4 Å². The van der Waals surface area contributed by atoms with Crippen LogP contribution in [0.15, 0.2) is 60.2 Å². The van der Waals surface area contributed by atoms with Crippen LogP contribution < -0.4 is 20.1 Å². The van der Waals surface area contributed by atoms with Gasteiger partial charge in [-0.3, -0.25) is 4.99 Å². The maximum Gasteiger partial charge on any atom is 0.422 e. The van der Waals surface area contributed by atoms with Crippen molar-refractivity contribution < 1.29 is 22.6 Å². The molecule has 0 aliphatic rings. The Labute approximate surface area is 190 Å². The number of para-hydroxylation sites is 1. The van der Waals surface area contributed by atoms with Crippen LogP contribution in [-0.2, 0) is 13.1 Å². The van der Waals surface area contributed by atoms with E-state index < -0.39 is 12.8 Å². The summed E-state index contributed by atoms with van der Waals surface area (Å²) in [5.74, 6) is 1.12. The first-order chi connectivity index (χ1) is 13.9. The molecular formula is C20H24F3IN4O2. The molecule has 0 aliphatic carbocycles. The van der Waals surface area contributed by atoms with Crippen LogP contribution in [0.4, 0.5) is 13.2 Å². The lowest BCUT2D eigenvalue weighted by atomic mass is 10.2. The molecule has 0 saturated heterocycles. The smallest absolute Gasteiger partial charge is 0.422 e. The Balaban J connectivity index is 0.00000450. The number of hydrogen-bond donors (Lipinski definition) is 2. The van der Waals surface area contributed by atoms with Crippen molar-refractivity contribution in [3.05, 3.63) is 66.4 Å². The highest BCUT2D eigenvalue weighted by Gasteiger charge is 2.29. The molecule has 2 rings (SSSR count). The summed E-state index contributed by atoms with van der Waals surface area (Å²) in [7, 11) is 1.60. The number of nitrogens with zero attached hydrogens (tertiary/aromatic N) is 2. The van der Waals surface area contributed by atoms with Crippen molar-refractivity contribution in [2.75, 3.05) is 20.3 Å². The van der Waals surface area contributed by atoms with Crippen molar-refractivity contribution >= 4 is 29.9 Å². The van der Waals surface area contributed by atoms with Gasteiger partial charge in [0.05, 0.1) is 0 Å². The number of rotatable bonds is 9. The molecule has 30 heavy (non-hydrogen) atoms. The highest BCUT2D eigenvalue weighted by Crippen LogP contribution is 2.20. The fourth-order valence-corrected chi connectivity index (χ4v) is 2.36. The number of pyridine rings is 1. The summed E-state index contributed by atoms with van der Waals surface area (Å²) in [4.78, 5) is 7.99. The minimum absolute atomic E-state index is 0. The molecule has 0 bridgehead atoms. The maximum atomic E-state index is 12.4. The van der Waals surface area contributed by atoms with Gasteiger partial charge in [0, 0.05) is 37.5 Å². The molecule has 6 nitrogen and oxygen atoms in total. The number of halogens is 4. The average Bonchev–Trinajstić information content (AvgIpc) is 2.71. The quantitative estimate of drug-likeness (QED) is 0.219. The van der Waals surface area contributed by atoms with E-state index >= 15 is 0 Å². The van der Waals surface area contributed by atoms with Crippen molar-refractivity contribution in [2.45, 2.75) is 19.3 Å². The molecule has 10 heteroatoms. The summed E-state index contributed by atoms with van der Waals surface area (Å²) in [6, 6.07) is 10.8. The van der Waals surface area contributed by atoms with Gasteiger partial charge in [-0.15, -0.1) is 24.0 Å². The Hall–Kier alpha value is -2.50. The SMILES string of the molecule is C=CCOc1ccccc1CNC(=NC)NCc1cccnc1OCC(F)(F)F.I. The Kier molecular flexibility index (Phi) is 11.0. The van der Waals surface area contributed by atoms with E-state index in [9.17, 15) is 13.2 Å². The molecule has 0 amide bonds. The lowest BCUT2D eigenvalue weighted by molar-refractivity contribution is -0.154. The third-order valence-electron chi connectivity index (χ3n) is 3.67. The second-order valence-electron chi connectivity index (χ2n) is 5.86. The minimum atomic E-state index is -4.43. The van der Waals surface area contributed by atoms with Gasteiger partial charge in [0.25, 0.3) is 0 Å². The molecular weight excluding hydrogens is 512 g/mol. The van der Waals surface area contributed by atoms with Gasteiger partial charge in [-0.05, 0) is 12.1 Å². The molecule has 0 unspecified atom stereocenters. The number of aliphatic imine (C=N–C) groups is 1. The third-order valence-corrected chi connectivity index (χ3v) is 3.67. The van der Waals surface area contributed by atoms with Gasteiger partial charge >= 0.3 is 6.18 Å². The molecule has 0 atom stereocenters. The van der Waals surface area contributed by atoms with Crippen LogP contribution >= 0.6 is 24.0 Å². The van der Waals surface area contributed by atoms with Gasteiger partial charge in [-0.25, -0.2) is 4.98 Å². The van der Waals surface area contributed by atoms with Crippen LogP contribution in [0.1, 0.15) is 11.1 Å². The number of aromatic nitrogens is 1. The van der Waals surface area contributed by atoms with Gasteiger partial charge in [-0.1, -0.05) is 36.9 Å². The molecule has 0 radical (unpaired) electrons. The Morgan fingerprint density at radius 2 is 1.77 bits per heavy atom. The van der Waals surface area contributed by atoms with E-state index in [1.165, 1.54) is 6.20 Å². The van der Waals surface area contributed by atoms with E-state index in [1.807, 2.05) is 24.3 Å². The summed E-state index contributed by atoms with van der Waals surface area (Å²) in [6.45, 7) is 3.26. The van der Waals surface area contributed by atoms with Gasteiger partial charge < -0.3 is 20.1 Å². The highest BCUT2D eigenvalue weighted by atomic mass is 127. The van der Waals surface area contributed by atoms with Crippen molar-refractivity contribution in [1.29, 1.82) is 0 Å². The fourth-order valence-electron chi connectivity index (χ4n) is 2.36. The topological polar surface area (TPSA) is 67.8 Å². The van der Waals surface area contributed by atoms with E-state index in [-0.39, 0.29) is 36.4 Å². The van der Waals surface area contributed by atoms with E-state index in [1.54, 1.807) is 25.3 Å². The normalized spacial score (nSPS) is 11.3. The summed E-state index contributed by atoms with van der Waals surface area (Å²) in [5.41, 5.74) is 1.40. The van der Waals surface area contributed by atoms with Crippen LogP contribution in [0.25, 0.3) is 0 Å². The number of ether oxygens (including phenoxy) is 2. The largest absolute Gasteiger partial charge is 0.489 e. The van der Waals surface area contributed by atoms with Crippen LogP contribution in [0.2, 0.25) is 0 Å². The zero-order valence-corrected chi connectivity index (χ0v) is 18.7. The second kappa shape index (κ2) is 12.9. The molecule has 0 saturated carbocycles. The van der Waals surface area contributed by atoms with E-state index in [2.05, 4.69) is 27.2 Å². The molecule has 2 aromatic rings. The molecule has 164 valence electrons. The van der Waals surface area contributed by atoms with Gasteiger partial charge in [0.15, 0.2) is 12.6 Å². The first kappa shape index (κ1) is 25.5. The summed E-state index contributed by atoms with van der Waals surface area (Å²) in [6.07, 6.45) is -1.39. The standard InChI is InChI=1S/C20H23F3N4O2.HI/c1-3-11-28-17-9-5-4-7-15(17)12-26-19(24-2)27-13-16-8-6-10-25-18(16)29-14-20(21,22)23;/h3-10H,1,11-14H2,2H3,(H2,24,26,27);1H. The summed E-state index contributed by atoms with van der Waals surface area (Å²) < 4.78 is 47.6. The predicted octanol–water partition coefficient (Wildman–Crippen LogP) is 4.07. The molecule has 1 heterocycles. The first-order valence-electron chi connectivity index (χ1n) is 8.82. The molecule has 1 aromatic carbocycles. The zero-order chi connectivity index (χ0) is 21.1. The number of benzene rings is 1. The third kappa shape index (κ3) is 8.89. The molecule has 0 spiro atoms. The van der Waals surface area contributed by atoms with Crippen molar-refractivity contribution in [1.82, 2.24) is 15.6 Å². The van der Waals surface area contributed by atoms with Crippen LogP contribution in [0.3, 0.4) is 0 Å². The number of guanidine groups is 1. The van der Waals surface area contributed by atoms with E-state index in [0.29, 0.717) is 24.7 Å². The van der Waals surface area contributed by atoms with Crippen molar-refractivity contribution in [2.24, 2.45) is 4.99 Å². The minimum Gasteiger partial charge on any atom is -0.489 e. The van der Waals surface area contributed by atoms with Gasteiger partial charge in [-0.2, -0.15) is 13.2 Å². The Morgan fingerprint density at radius 1 is 1.10 bits per heavy atom. The molecule has 0 fully saturated rings.